The Morgan fingerprint density at radius 3 is 2.76 bits per heavy atom. The maximum Gasteiger partial charge on any atom is 0.416 e. The molecule has 0 aliphatic carbocycles. The van der Waals surface area contributed by atoms with E-state index >= 15 is 0 Å². The van der Waals surface area contributed by atoms with E-state index in [1.54, 1.807) is 17.4 Å². The molecule has 2 aromatic rings. The fourth-order valence-corrected chi connectivity index (χ4v) is 3.58. The van der Waals surface area contributed by atoms with E-state index < -0.39 is 11.7 Å². The molecule has 6 heteroatoms. The minimum absolute atomic E-state index is 0.103. The zero-order valence-corrected chi connectivity index (χ0v) is 12.1. The molecule has 1 aromatic carbocycles. The maximum absolute atomic E-state index is 12.8. The molecule has 3 rings (SSSR count). The van der Waals surface area contributed by atoms with Crippen LogP contribution in [0.1, 0.15) is 21.6 Å². The highest BCUT2D eigenvalue weighted by Gasteiger charge is 2.31. The number of thiophene rings is 1. The van der Waals surface area contributed by atoms with E-state index in [2.05, 4.69) is 16.3 Å². The molecule has 21 heavy (non-hydrogen) atoms. The first-order chi connectivity index (χ1) is 9.99. The van der Waals surface area contributed by atoms with Crippen LogP contribution in [0.5, 0.6) is 0 Å². The molecule has 0 radical (unpaired) electrons. The van der Waals surface area contributed by atoms with Crippen LogP contribution in [-0.2, 0) is 25.7 Å². The number of nitrogens with two attached hydrogens (primary N) is 1. The van der Waals surface area contributed by atoms with Crippen LogP contribution in [0.25, 0.3) is 0 Å². The predicted molar refractivity (Wildman–Crippen MR) is 78.4 cm³/mol. The lowest BCUT2D eigenvalue weighted by atomic mass is 10.0. The van der Waals surface area contributed by atoms with Gasteiger partial charge in [-0.05, 0) is 47.2 Å². The number of hydrogen-bond donors (Lipinski definition) is 1. The molecule has 0 saturated heterocycles. The number of halogens is 3. The van der Waals surface area contributed by atoms with Crippen molar-refractivity contribution in [3.8, 4) is 0 Å². The monoisotopic (exact) mass is 312 g/mol. The number of anilines is 1. The first kappa shape index (κ1) is 14.4. The van der Waals surface area contributed by atoms with E-state index in [0.717, 1.165) is 31.3 Å². The summed E-state index contributed by atoms with van der Waals surface area (Å²) < 4.78 is 38.3. The van der Waals surface area contributed by atoms with E-state index in [4.69, 9.17) is 5.73 Å². The molecule has 2 nitrogen and oxygen atoms in total. The van der Waals surface area contributed by atoms with Gasteiger partial charge < -0.3 is 10.6 Å². The summed E-state index contributed by atoms with van der Waals surface area (Å²) >= 11 is 1.74. The normalized spacial score (nSPS) is 15.1. The van der Waals surface area contributed by atoms with Crippen LogP contribution in [0, 0.1) is 0 Å². The largest absolute Gasteiger partial charge is 0.416 e. The van der Waals surface area contributed by atoms with Crippen LogP contribution in [0.4, 0.5) is 18.9 Å². The topological polar surface area (TPSA) is 29.3 Å². The lowest BCUT2D eigenvalue weighted by molar-refractivity contribution is -0.137. The maximum atomic E-state index is 12.8. The van der Waals surface area contributed by atoms with Crippen molar-refractivity contribution in [2.75, 3.05) is 11.4 Å². The van der Waals surface area contributed by atoms with Crippen LogP contribution < -0.4 is 10.6 Å². The summed E-state index contributed by atoms with van der Waals surface area (Å²) in [5.41, 5.74) is 7.62. The van der Waals surface area contributed by atoms with Crippen molar-refractivity contribution in [1.29, 1.82) is 0 Å². The number of hydrogen-bond acceptors (Lipinski definition) is 3. The van der Waals surface area contributed by atoms with Gasteiger partial charge in [-0.3, -0.25) is 0 Å². The molecule has 0 saturated carbocycles. The van der Waals surface area contributed by atoms with Crippen molar-refractivity contribution in [3.05, 3.63) is 51.2 Å². The zero-order chi connectivity index (χ0) is 15.0. The standard InChI is InChI=1S/C15H15F3N2S/c16-15(17,18)12-1-2-13(11(7-12)8-19)20-5-3-14-10(9-20)4-6-21-14/h1-2,4,6-7H,3,5,8-9,19H2. The summed E-state index contributed by atoms with van der Waals surface area (Å²) in [6.07, 6.45) is -3.40. The molecule has 0 fully saturated rings. The Bertz CT molecular complexity index is 649. The number of alkyl halides is 3. The molecule has 1 aliphatic heterocycles. The summed E-state index contributed by atoms with van der Waals surface area (Å²) in [6.45, 7) is 1.65. The van der Waals surface area contributed by atoms with Gasteiger partial charge in [-0.15, -0.1) is 11.3 Å². The van der Waals surface area contributed by atoms with Crippen LogP contribution >= 0.6 is 11.3 Å². The van der Waals surface area contributed by atoms with Gasteiger partial charge in [-0.2, -0.15) is 13.2 Å². The van der Waals surface area contributed by atoms with Crippen molar-refractivity contribution in [2.45, 2.75) is 25.7 Å². The van der Waals surface area contributed by atoms with Crippen molar-refractivity contribution >= 4 is 17.0 Å². The van der Waals surface area contributed by atoms with E-state index in [1.807, 2.05) is 0 Å². The third-order valence-electron chi connectivity index (χ3n) is 3.78. The predicted octanol–water partition coefficient (Wildman–Crippen LogP) is 3.79. The lowest BCUT2D eigenvalue weighted by Gasteiger charge is -2.31. The van der Waals surface area contributed by atoms with Gasteiger partial charge in [0.25, 0.3) is 0 Å². The van der Waals surface area contributed by atoms with Crippen LogP contribution in [-0.4, -0.2) is 6.54 Å². The average molecular weight is 312 g/mol. The second-order valence-electron chi connectivity index (χ2n) is 5.09. The second-order valence-corrected chi connectivity index (χ2v) is 6.09. The Hall–Kier alpha value is -1.53. The van der Waals surface area contributed by atoms with E-state index in [-0.39, 0.29) is 6.54 Å². The Morgan fingerprint density at radius 2 is 2.05 bits per heavy atom. The van der Waals surface area contributed by atoms with E-state index in [9.17, 15) is 13.2 Å². The Balaban J connectivity index is 1.92. The summed E-state index contributed by atoms with van der Waals surface area (Å²) in [4.78, 5) is 3.48. The highest BCUT2D eigenvalue weighted by molar-refractivity contribution is 7.10. The van der Waals surface area contributed by atoms with Gasteiger partial charge in [-0.25, -0.2) is 0 Å². The number of benzene rings is 1. The smallest absolute Gasteiger partial charge is 0.367 e. The minimum Gasteiger partial charge on any atom is -0.367 e. The third kappa shape index (κ3) is 2.78. The van der Waals surface area contributed by atoms with Gasteiger partial charge in [0.2, 0.25) is 0 Å². The summed E-state index contributed by atoms with van der Waals surface area (Å²) in [6, 6.07) is 5.93. The molecule has 0 amide bonds. The van der Waals surface area contributed by atoms with Gasteiger partial charge in [0.15, 0.2) is 0 Å². The van der Waals surface area contributed by atoms with E-state index in [0.29, 0.717) is 5.56 Å². The van der Waals surface area contributed by atoms with Gasteiger partial charge in [0.1, 0.15) is 0 Å². The fourth-order valence-electron chi connectivity index (χ4n) is 2.69. The summed E-state index contributed by atoms with van der Waals surface area (Å²) in [7, 11) is 0. The SMILES string of the molecule is NCc1cc(C(F)(F)F)ccc1N1CCc2sccc2C1. The highest BCUT2D eigenvalue weighted by Crippen LogP contribution is 2.35. The van der Waals surface area contributed by atoms with Gasteiger partial charge >= 0.3 is 6.18 Å². The average Bonchev–Trinajstić information content (AvgIpc) is 2.93. The molecule has 0 atom stereocenters. The third-order valence-corrected chi connectivity index (χ3v) is 4.80. The van der Waals surface area contributed by atoms with Crippen molar-refractivity contribution < 1.29 is 13.2 Å². The molecule has 0 bridgehead atoms. The van der Waals surface area contributed by atoms with Crippen molar-refractivity contribution in [2.24, 2.45) is 5.73 Å². The molecule has 2 N–H and O–H groups in total. The first-order valence-corrected chi connectivity index (χ1v) is 7.57. The second kappa shape index (κ2) is 5.35. The fraction of sp³-hybridized carbons (Fsp3) is 0.333. The lowest BCUT2D eigenvalue weighted by Crippen LogP contribution is -2.30. The molecule has 1 aliphatic rings. The molecular weight excluding hydrogens is 297 g/mol. The van der Waals surface area contributed by atoms with E-state index in [1.165, 1.54) is 16.5 Å². The molecule has 1 aromatic heterocycles. The van der Waals surface area contributed by atoms with Gasteiger partial charge in [0.05, 0.1) is 5.56 Å². The first-order valence-electron chi connectivity index (χ1n) is 6.69. The van der Waals surface area contributed by atoms with Crippen molar-refractivity contribution in [3.63, 3.8) is 0 Å². The molecule has 0 unspecified atom stereocenters. The van der Waals surface area contributed by atoms with Crippen LogP contribution in [0.15, 0.2) is 29.6 Å². The van der Waals surface area contributed by atoms with Crippen molar-refractivity contribution in [1.82, 2.24) is 0 Å². The van der Waals surface area contributed by atoms with Gasteiger partial charge in [0, 0.05) is 30.2 Å². The number of rotatable bonds is 2. The highest BCUT2D eigenvalue weighted by atomic mass is 32.1. The summed E-state index contributed by atoms with van der Waals surface area (Å²) in [5.74, 6) is 0. The Kier molecular flexibility index (Phi) is 3.67. The number of nitrogens with zero attached hydrogens (tertiary/aromatic N) is 1. The molecule has 112 valence electrons. The van der Waals surface area contributed by atoms with Crippen LogP contribution in [0.2, 0.25) is 0 Å². The Labute approximate surface area is 125 Å². The van der Waals surface area contributed by atoms with Gasteiger partial charge in [-0.1, -0.05) is 0 Å². The van der Waals surface area contributed by atoms with Crippen LogP contribution in [0.3, 0.4) is 0 Å². The quantitative estimate of drug-likeness (QED) is 0.914. The zero-order valence-electron chi connectivity index (χ0n) is 11.3. The molecule has 0 spiro atoms. The molecular formula is C15H15F3N2S. The summed E-state index contributed by atoms with van der Waals surface area (Å²) in [5, 5.41) is 2.06. The Morgan fingerprint density at radius 1 is 1.24 bits per heavy atom. The molecule has 2 heterocycles. The minimum atomic E-state index is -4.33. The number of fused-ring (bicyclic) bond motifs is 1.